The van der Waals surface area contributed by atoms with E-state index in [4.69, 9.17) is 21.5 Å². The first-order valence-electron chi connectivity index (χ1n) is 6.30. The van der Waals surface area contributed by atoms with Crippen LogP contribution in [0.3, 0.4) is 0 Å². The highest BCUT2D eigenvalue weighted by Gasteiger charge is 2.34. The first-order valence-corrected chi connectivity index (χ1v) is 7.78. The van der Waals surface area contributed by atoms with Crippen LogP contribution >= 0.6 is 0 Å². The molecule has 2 aromatic rings. The summed E-state index contributed by atoms with van der Waals surface area (Å²) >= 11 is 0. The predicted octanol–water partition coefficient (Wildman–Crippen LogP) is 0.863. The average Bonchev–Trinajstić information content (AvgIpc) is 2.49. The molecule has 0 aliphatic carbocycles. The molecule has 4 N–H and O–H groups in total. The summed E-state index contributed by atoms with van der Waals surface area (Å²) in [5, 5.41) is 8.91. The highest BCUT2D eigenvalue weighted by Crippen LogP contribution is 2.39. The Balaban J connectivity index is 2.35. The highest BCUT2D eigenvalue weighted by atomic mass is 32.2. The van der Waals surface area contributed by atoms with Gasteiger partial charge in [0.15, 0.2) is 5.03 Å². The van der Waals surface area contributed by atoms with Gasteiger partial charge in [-0.05, 0) is 23.8 Å². The number of anilines is 2. The number of hydrogen-bond acceptors (Lipinski definition) is 7. The van der Waals surface area contributed by atoms with E-state index in [1.165, 1.54) is 13.2 Å². The molecular formula is C14H12N4O3S. The van der Waals surface area contributed by atoms with Gasteiger partial charge >= 0.3 is 0 Å². The van der Waals surface area contributed by atoms with Gasteiger partial charge in [0.2, 0.25) is 9.84 Å². The fraction of sp³-hybridized carbons (Fsp3) is 0.143. The number of nitrogen functional groups attached to an aromatic ring is 2. The number of aromatic nitrogens is 1. The summed E-state index contributed by atoms with van der Waals surface area (Å²) in [7, 11) is -2.33. The van der Waals surface area contributed by atoms with E-state index >= 15 is 0 Å². The Morgan fingerprint density at radius 1 is 1.36 bits per heavy atom. The summed E-state index contributed by atoms with van der Waals surface area (Å²) in [5.41, 5.74) is 12.5. The Morgan fingerprint density at radius 2 is 2.09 bits per heavy atom. The highest BCUT2D eigenvalue weighted by molar-refractivity contribution is 7.91. The molecule has 1 aliphatic heterocycles. The lowest BCUT2D eigenvalue weighted by atomic mass is 10.0. The van der Waals surface area contributed by atoms with Crippen molar-refractivity contribution in [2.24, 2.45) is 0 Å². The van der Waals surface area contributed by atoms with E-state index in [1.807, 2.05) is 6.07 Å². The number of sulfone groups is 1. The minimum absolute atomic E-state index is 0.000274. The number of fused-ring (bicyclic) bond motifs is 2. The molecule has 0 radical (unpaired) electrons. The molecule has 0 saturated carbocycles. The number of benzene rings is 1. The van der Waals surface area contributed by atoms with Gasteiger partial charge in [-0.3, -0.25) is 0 Å². The second-order valence-corrected chi connectivity index (χ2v) is 6.67. The van der Waals surface area contributed by atoms with Crippen LogP contribution in [0.4, 0.5) is 11.5 Å². The molecule has 0 bridgehead atoms. The van der Waals surface area contributed by atoms with Crippen molar-refractivity contribution in [3.05, 3.63) is 34.9 Å². The first-order chi connectivity index (χ1) is 10.4. The first kappa shape index (κ1) is 14.2. The molecule has 8 heteroatoms. The second kappa shape index (κ2) is 4.61. The van der Waals surface area contributed by atoms with Gasteiger partial charge in [0.25, 0.3) is 0 Å². The van der Waals surface area contributed by atoms with Crippen LogP contribution in [-0.4, -0.2) is 20.5 Å². The number of hydrogen-bond donors (Lipinski definition) is 2. The summed E-state index contributed by atoms with van der Waals surface area (Å²) in [6, 6.07) is 6.53. The molecule has 0 spiro atoms. The van der Waals surface area contributed by atoms with Gasteiger partial charge in [-0.2, -0.15) is 5.26 Å². The normalized spacial score (nSPS) is 14.5. The third-order valence-corrected chi connectivity index (χ3v) is 5.45. The number of nitrogens with two attached hydrogens (primary N) is 2. The van der Waals surface area contributed by atoms with Crippen LogP contribution in [0.25, 0.3) is 0 Å². The van der Waals surface area contributed by atoms with Crippen LogP contribution in [0, 0.1) is 11.3 Å². The van der Waals surface area contributed by atoms with Crippen LogP contribution in [0.5, 0.6) is 5.75 Å². The molecule has 2 heterocycles. The Kier molecular flexibility index (Phi) is 2.97. The van der Waals surface area contributed by atoms with Gasteiger partial charge in [-0.25, -0.2) is 13.4 Å². The van der Waals surface area contributed by atoms with E-state index in [2.05, 4.69) is 4.98 Å². The van der Waals surface area contributed by atoms with E-state index in [-0.39, 0.29) is 33.4 Å². The predicted molar refractivity (Wildman–Crippen MR) is 79.0 cm³/mol. The number of methoxy groups -OCH3 is 1. The summed E-state index contributed by atoms with van der Waals surface area (Å²) in [6.07, 6.45) is 0.245. The largest absolute Gasteiger partial charge is 0.497 e. The summed E-state index contributed by atoms with van der Waals surface area (Å²) in [4.78, 5) is 4.05. The van der Waals surface area contributed by atoms with Crippen molar-refractivity contribution in [2.75, 3.05) is 18.6 Å². The lowest BCUT2D eigenvalue weighted by Crippen LogP contribution is -2.20. The summed E-state index contributed by atoms with van der Waals surface area (Å²) in [6.45, 7) is 0. The molecule has 1 aromatic carbocycles. The number of nitrogens with zero attached hydrogens (tertiary/aromatic N) is 2. The van der Waals surface area contributed by atoms with Crippen LogP contribution in [0.1, 0.15) is 16.7 Å². The maximum atomic E-state index is 12.7. The number of pyridine rings is 1. The minimum atomic E-state index is -3.83. The third kappa shape index (κ3) is 1.79. The lowest BCUT2D eigenvalue weighted by Gasteiger charge is -2.22. The molecule has 0 saturated heterocycles. The Hall–Kier alpha value is -2.79. The summed E-state index contributed by atoms with van der Waals surface area (Å²) in [5.74, 6) is 0.360. The third-order valence-electron chi connectivity index (χ3n) is 3.62. The minimum Gasteiger partial charge on any atom is -0.497 e. The molecule has 22 heavy (non-hydrogen) atoms. The zero-order chi connectivity index (χ0) is 16.1. The fourth-order valence-electron chi connectivity index (χ4n) is 2.53. The molecule has 3 rings (SSSR count). The van der Waals surface area contributed by atoms with E-state index < -0.39 is 9.84 Å². The van der Waals surface area contributed by atoms with E-state index in [0.29, 0.717) is 16.9 Å². The molecule has 0 amide bonds. The maximum absolute atomic E-state index is 12.7. The molecule has 112 valence electrons. The SMILES string of the molecule is COc1ccc2c(c1)Cc1c(nc(N)c(C#N)c1N)S2(=O)=O. The van der Waals surface area contributed by atoms with Crippen molar-refractivity contribution in [1.82, 2.24) is 4.98 Å². The summed E-state index contributed by atoms with van der Waals surface area (Å²) < 4.78 is 30.5. The topological polar surface area (TPSA) is 132 Å². The number of ether oxygens (including phenoxy) is 1. The molecule has 0 fully saturated rings. The Labute approximate surface area is 127 Å². The van der Waals surface area contributed by atoms with Crippen molar-refractivity contribution in [1.29, 1.82) is 5.26 Å². The van der Waals surface area contributed by atoms with Gasteiger partial charge in [0.1, 0.15) is 23.2 Å². The van der Waals surface area contributed by atoms with Gasteiger partial charge in [-0.1, -0.05) is 0 Å². The monoisotopic (exact) mass is 316 g/mol. The average molecular weight is 316 g/mol. The standard InChI is InChI=1S/C14H12N4O3S/c1-21-8-2-3-11-7(4-8)5-9-12(16)10(6-15)13(17)18-14(9)22(11,19)20/h2-4H,5H2,1H3,(H4,16,17,18). The fourth-order valence-corrected chi connectivity index (χ4v) is 4.18. The van der Waals surface area contributed by atoms with Crippen LogP contribution < -0.4 is 16.2 Å². The Bertz CT molecular complexity index is 946. The van der Waals surface area contributed by atoms with Crippen molar-refractivity contribution >= 4 is 21.3 Å². The Morgan fingerprint density at radius 3 is 2.73 bits per heavy atom. The van der Waals surface area contributed by atoms with E-state index in [9.17, 15) is 8.42 Å². The molecular weight excluding hydrogens is 304 g/mol. The van der Waals surface area contributed by atoms with Crippen molar-refractivity contribution in [3.8, 4) is 11.8 Å². The molecule has 7 nitrogen and oxygen atoms in total. The van der Waals surface area contributed by atoms with Crippen molar-refractivity contribution in [3.63, 3.8) is 0 Å². The smallest absolute Gasteiger partial charge is 0.224 e. The molecule has 1 aliphatic rings. The van der Waals surface area contributed by atoms with E-state index in [1.54, 1.807) is 12.1 Å². The quantitative estimate of drug-likeness (QED) is 0.680. The second-order valence-electron chi connectivity index (χ2n) is 4.84. The van der Waals surface area contributed by atoms with Gasteiger partial charge in [-0.15, -0.1) is 0 Å². The van der Waals surface area contributed by atoms with Gasteiger partial charge < -0.3 is 16.2 Å². The number of rotatable bonds is 1. The van der Waals surface area contributed by atoms with Gasteiger partial charge in [0, 0.05) is 12.0 Å². The van der Waals surface area contributed by atoms with Crippen LogP contribution in [-0.2, 0) is 16.3 Å². The molecule has 1 aromatic heterocycles. The molecule has 0 atom stereocenters. The maximum Gasteiger partial charge on any atom is 0.224 e. The van der Waals surface area contributed by atoms with Gasteiger partial charge in [0.05, 0.1) is 17.7 Å². The zero-order valence-electron chi connectivity index (χ0n) is 11.6. The van der Waals surface area contributed by atoms with Crippen LogP contribution in [0.15, 0.2) is 28.1 Å². The number of nitriles is 1. The van der Waals surface area contributed by atoms with Crippen LogP contribution in [0.2, 0.25) is 0 Å². The zero-order valence-corrected chi connectivity index (χ0v) is 12.4. The van der Waals surface area contributed by atoms with E-state index in [0.717, 1.165) is 0 Å². The van der Waals surface area contributed by atoms with Crippen molar-refractivity contribution in [2.45, 2.75) is 16.3 Å². The van der Waals surface area contributed by atoms with Crippen molar-refractivity contribution < 1.29 is 13.2 Å². The lowest BCUT2D eigenvalue weighted by molar-refractivity contribution is 0.414. The molecule has 0 unspecified atom stereocenters.